The Labute approximate surface area is 136 Å². The van der Waals surface area contributed by atoms with E-state index in [0.717, 1.165) is 0 Å². The van der Waals surface area contributed by atoms with Crippen LogP contribution < -0.4 is 5.32 Å². The second-order valence-electron chi connectivity index (χ2n) is 5.51. The smallest absolute Gasteiger partial charge is 0.228 e. The molecule has 1 aromatic carbocycles. The third-order valence-corrected chi connectivity index (χ3v) is 5.98. The zero-order chi connectivity index (χ0) is 16.2. The maximum absolute atomic E-state index is 12.3. The van der Waals surface area contributed by atoms with Crippen LogP contribution in [0.3, 0.4) is 0 Å². The lowest BCUT2D eigenvalue weighted by atomic mass is 9.99. The Morgan fingerprint density at radius 2 is 2.23 bits per heavy atom. The molecule has 1 fully saturated rings. The molecule has 22 heavy (non-hydrogen) atoms. The number of hydrogen-bond donors (Lipinski definition) is 1. The Morgan fingerprint density at radius 3 is 2.91 bits per heavy atom. The summed E-state index contributed by atoms with van der Waals surface area (Å²) in [4.78, 5) is 12.3. The van der Waals surface area contributed by atoms with Crippen molar-refractivity contribution in [2.24, 2.45) is 5.92 Å². The Kier molecular flexibility index (Phi) is 5.83. The number of piperidine rings is 1. The molecule has 0 saturated carbocycles. The van der Waals surface area contributed by atoms with Gasteiger partial charge in [-0.2, -0.15) is 0 Å². The predicted molar refractivity (Wildman–Crippen MR) is 88.5 cm³/mol. The van der Waals surface area contributed by atoms with Crippen LogP contribution in [0.2, 0.25) is 5.02 Å². The van der Waals surface area contributed by atoms with Crippen molar-refractivity contribution >= 4 is 33.2 Å². The predicted octanol–water partition coefficient (Wildman–Crippen LogP) is 2.73. The molecule has 122 valence electrons. The van der Waals surface area contributed by atoms with Crippen LogP contribution in [0.4, 0.5) is 5.69 Å². The molecule has 1 aromatic rings. The zero-order valence-corrected chi connectivity index (χ0v) is 14.2. The molecule has 0 radical (unpaired) electrons. The average molecular weight is 345 g/mol. The molecule has 1 atom stereocenters. The summed E-state index contributed by atoms with van der Waals surface area (Å²) >= 11 is 5.89. The lowest BCUT2D eigenvalue weighted by Gasteiger charge is -2.31. The molecule has 0 aliphatic carbocycles. The van der Waals surface area contributed by atoms with E-state index in [-0.39, 0.29) is 24.1 Å². The Morgan fingerprint density at radius 1 is 1.45 bits per heavy atom. The lowest BCUT2D eigenvalue weighted by Crippen LogP contribution is -2.44. The molecule has 0 bridgehead atoms. The van der Waals surface area contributed by atoms with Crippen molar-refractivity contribution < 1.29 is 13.2 Å². The highest BCUT2D eigenvalue weighted by molar-refractivity contribution is 7.89. The Bertz CT molecular complexity index is 633. The second-order valence-corrected chi connectivity index (χ2v) is 8.04. The number of carbonyl (C=O) groups excluding carboxylic acids is 1. The molecular formula is C15H21ClN2O3S. The van der Waals surface area contributed by atoms with E-state index in [1.54, 1.807) is 24.3 Å². The first kappa shape index (κ1) is 17.2. The molecular weight excluding hydrogens is 324 g/mol. The number of nitrogens with zero attached hydrogens (tertiary/aromatic N) is 1. The first-order valence-corrected chi connectivity index (χ1v) is 9.45. The number of amides is 1. The van der Waals surface area contributed by atoms with Crippen molar-refractivity contribution in [3.63, 3.8) is 0 Å². The molecule has 5 nitrogen and oxygen atoms in total. The van der Waals surface area contributed by atoms with Crippen molar-refractivity contribution in [1.29, 1.82) is 0 Å². The number of nitrogens with one attached hydrogen (secondary N) is 1. The van der Waals surface area contributed by atoms with Crippen LogP contribution in [0, 0.1) is 5.92 Å². The number of hydrogen-bond acceptors (Lipinski definition) is 3. The van der Waals surface area contributed by atoms with Gasteiger partial charge < -0.3 is 5.32 Å². The van der Waals surface area contributed by atoms with Crippen molar-refractivity contribution in [2.75, 3.05) is 24.2 Å². The quantitative estimate of drug-likeness (QED) is 0.893. The van der Waals surface area contributed by atoms with E-state index in [1.807, 2.05) is 6.92 Å². The second kappa shape index (κ2) is 7.44. The number of carbonyl (C=O) groups is 1. The summed E-state index contributed by atoms with van der Waals surface area (Å²) in [5, 5.41) is 3.36. The van der Waals surface area contributed by atoms with Gasteiger partial charge in [0.05, 0.1) is 11.7 Å². The van der Waals surface area contributed by atoms with Crippen LogP contribution in [-0.2, 0) is 14.8 Å². The summed E-state index contributed by atoms with van der Waals surface area (Å²) in [5.41, 5.74) is 0.631. The fraction of sp³-hybridized carbons (Fsp3) is 0.533. The van der Waals surface area contributed by atoms with Crippen LogP contribution in [0.1, 0.15) is 26.2 Å². The molecule has 1 saturated heterocycles. The topological polar surface area (TPSA) is 66.5 Å². The maximum atomic E-state index is 12.3. The SMILES string of the molecule is CCCS(=O)(=O)N1CCCC(C(=O)Nc2cccc(Cl)c2)C1. The standard InChI is InChI=1S/C15H21ClN2O3S/c1-2-9-22(20,21)18-8-4-5-12(11-18)15(19)17-14-7-3-6-13(16)10-14/h3,6-7,10,12H,2,4-5,8-9,11H2,1H3,(H,17,19). The molecule has 1 heterocycles. The normalized spacial score (nSPS) is 19.8. The van der Waals surface area contributed by atoms with Gasteiger partial charge in [0.15, 0.2) is 0 Å². The first-order valence-electron chi connectivity index (χ1n) is 7.46. The van der Waals surface area contributed by atoms with E-state index in [9.17, 15) is 13.2 Å². The van der Waals surface area contributed by atoms with Crippen LogP contribution in [0.15, 0.2) is 24.3 Å². The molecule has 7 heteroatoms. The van der Waals surface area contributed by atoms with Crippen molar-refractivity contribution in [1.82, 2.24) is 4.31 Å². The van der Waals surface area contributed by atoms with Gasteiger partial charge in [-0.05, 0) is 37.5 Å². The summed E-state index contributed by atoms with van der Waals surface area (Å²) in [5.74, 6) is -0.339. The summed E-state index contributed by atoms with van der Waals surface area (Å²) in [6.45, 7) is 2.60. The maximum Gasteiger partial charge on any atom is 0.228 e. The van der Waals surface area contributed by atoms with Gasteiger partial charge in [0.25, 0.3) is 0 Å². The molecule has 1 aliphatic rings. The molecule has 0 aromatic heterocycles. The minimum Gasteiger partial charge on any atom is -0.326 e. The number of anilines is 1. The van der Waals surface area contributed by atoms with Crippen LogP contribution in [0.5, 0.6) is 0 Å². The van der Waals surface area contributed by atoms with Gasteiger partial charge in [0, 0.05) is 23.8 Å². The third kappa shape index (κ3) is 4.44. The van der Waals surface area contributed by atoms with E-state index < -0.39 is 10.0 Å². The summed E-state index contributed by atoms with van der Waals surface area (Å²) in [7, 11) is -3.25. The number of halogens is 1. The number of sulfonamides is 1. The lowest BCUT2D eigenvalue weighted by molar-refractivity contribution is -0.120. The van der Waals surface area contributed by atoms with E-state index in [1.165, 1.54) is 4.31 Å². The fourth-order valence-corrected chi connectivity index (χ4v) is 4.39. The first-order chi connectivity index (χ1) is 10.4. The summed E-state index contributed by atoms with van der Waals surface area (Å²) in [6.07, 6.45) is 1.99. The number of rotatable bonds is 5. The average Bonchev–Trinajstić information content (AvgIpc) is 2.47. The third-order valence-electron chi connectivity index (χ3n) is 3.70. The van der Waals surface area contributed by atoms with Crippen LogP contribution >= 0.6 is 11.6 Å². The van der Waals surface area contributed by atoms with E-state index in [0.29, 0.717) is 36.5 Å². The summed E-state index contributed by atoms with van der Waals surface area (Å²) in [6, 6.07) is 6.93. The zero-order valence-electron chi connectivity index (χ0n) is 12.6. The fourth-order valence-electron chi connectivity index (χ4n) is 2.61. The van der Waals surface area contributed by atoms with Gasteiger partial charge in [-0.1, -0.05) is 24.6 Å². The molecule has 1 amide bonds. The number of benzene rings is 1. The molecule has 2 rings (SSSR count). The molecule has 0 spiro atoms. The van der Waals surface area contributed by atoms with E-state index >= 15 is 0 Å². The highest BCUT2D eigenvalue weighted by Gasteiger charge is 2.31. The van der Waals surface area contributed by atoms with Gasteiger partial charge >= 0.3 is 0 Å². The van der Waals surface area contributed by atoms with Crippen molar-refractivity contribution in [2.45, 2.75) is 26.2 Å². The summed E-state index contributed by atoms with van der Waals surface area (Å²) < 4.78 is 25.7. The van der Waals surface area contributed by atoms with Gasteiger partial charge in [-0.25, -0.2) is 12.7 Å². The van der Waals surface area contributed by atoms with Crippen LogP contribution in [-0.4, -0.2) is 37.5 Å². The van der Waals surface area contributed by atoms with Crippen molar-refractivity contribution in [3.8, 4) is 0 Å². The van der Waals surface area contributed by atoms with Crippen molar-refractivity contribution in [3.05, 3.63) is 29.3 Å². The van der Waals surface area contributed by atoms with Gasteiger partial charge in [-0.3, -0.25) is 4.79 Å². The Hall–Kier alpha value is -1.11. The Balaban J connectivity index is 2.01. The highest BCUT2D eigenvalue weighted by atomic mass is 35.5. The largest absolute Gasteiger partial charge is 0.326 e. The highest BCUT2D eigenvalue weighted by Crippen LogP contribution is 2.22. The van der Waals surface area contributed by atoms with E-state index in [2.05, 4.69) is 5.32 Å². The minimum absolute atomic E-state index is 0.135. The minimum atomic E-state index is -3.25. The van der Waals surface area contributed by atoms with Crippen LogP contribution in [0.25, 0.3) is 0 Å². The van der Waals surface area contributed by atoms with E-state index in [4.69, 9.17) is 11.6 Å². The molecule has 1 N–H and O–H groups in total. The monoisotopic (exact) mass is 344 g/mol. The van der Waals surface area contributed by atoms with Gasteiger partial charge in [-0.15, -0.1) is 0 Å². The molecule has 1 unspecified atom stereocenters. The van der Waals surface area contributed by atoms with Gasteiger partial charge in [0.1, 0.15) is 0 Å². The van der Waals surface area contributed by atoms with Gasteiger partial charge in [0.2, 0.25) is 15.9 Å². The molecule has 1 aliphatic heterocycles.